The largest absolute Gasteiger partial charge is 0.399 e. The van der Waals surface area contributed by atoms with E-state index in [4.69, 9.17) is 17.3 Å². The molecule has 0 atom stereocenters. The minimum Gasteiger partial charge on any atom is -0.399 e. The second-order valence-corrected chi connectivity index (χ2v) is 5.39. The zero-order chi connectivity index (χ0) is 15.4. The van der Waals surface area contributed by atoms with Crippen molar-refractivity contribution >= 4 is 28.9 Å². The molecule has 0 aliphatic carbocycles. The van der Waals surface area contributed by atoms with Gasteiger partial charge in [0.15, 0.2) is 0 Å². The highest BCUT2D eigenvalue weighted by molar-refractivity contribution is 6.33. The molecule has 2 rings (SSSR count). The summed E-state index contributed by atoms with van der Waals surface area (Å²) in [6.45, 7) is 0.895. The standard InChI is InChI=1S/C14H18ClN5O/c1-19(7-10-6-17-20(2)8-10)9-14(21)18-13-5-11(16)3-4-12(13)15/h3-6,8H,7,9,16H2,1-2H3,(H,18,21). The molecule has 2 aromatic rings. The van der Waals surface area contributed by atoms with Crippen LogP contribution in [-0.2, 0) is 18.4 Å². The first-order valence-electron chi connectivity index (χ1n) is 6.45. The second-order valence-electron chi connectivity index (χ2n) is 4.98. The number of rotatable bonds is 5. The van der Waals surface area contributed by atoms with E-state index < -0.39 is 0 Å². The second kappa shape index (κ2) is 6.60. The van der Waals surface area contributed by atoms with Crippen LogP contribution < -0.4 is 11.1 Å². The third-order valence-electron chi connectivity index (χ3n) is 2.89. The third-order valence-corrected chi connectivity index (χ3v) is 3.22. The summed E-state index contributed by atoms with van der Waals surface area (Å²) >= 11 is 6.01. The number of aryl methyl sites for hydroxylation is 1. The fourth-order valence-corrected chi connectivity index (χ4v) is 2.16. The molecule has 0 unspecified atom stereocenters. The van der Waals surface area contributed by atoms with Crippen molar-refractivity contribution in [2.45, 2.75) is 6.54 Å². The average Bonchev–Trinajstić information content (AvgIpc) is 2.79. The molecule has 1 heterocycles. The van der Waals surface area contributed by atoms with E-state index in [0.717, 1.165) is 5.56 Å². The highest BCUT2D eigenvalue weighted by Gasteiger charge is 2.10. The molecule has 3 N–H and O–H groups in total. The summed E-state index contributed by atoms with van der Waals surface area (Å²) < 4.78 is 1.73. The van der Waals surface area contributed by atoms with E-state index in [0.29, 0.717) is 22.9 Å². The SMILES string of the molecule is CN(CC(=O)Nc1cc(N)ccc1Cl)Cc1cnn(C)c1. The van der Waals surface area contributed by atoms with E-state index in [1.54, 1.807) is 29.1 Å². The lowest BCUT2D eigenvalue weighted by Gasteiger charge is -2.15. The number of carbonyl (C=O) groups excluding carboxylic acids is 1. The van der Waals surface area contributed by atoms with Crippen molar-refractivity contribution in [1.82, 2.24) is 14.7 Å². The predicted octanol–water partition coefficient (Wildman–Crippen LogP) is 1.73. The Kier molecular flexibility index (Phi) is 4.82. The summed E-state index contributed by atoms with van der Waals surface area (Å²) in [5.41, 5.74) is 7.81. The van der Waals surface area contributed by atoms with Gasteiger partial charge < -0.3 is 11.1 Å². The van der Waals surface area contributed by atoms with Crippen LogP contribution in [0, 0.1) is 0 Å². The van der Waals surface area contributed by atoms with Gasteiger partial charge in [-0.05, 0) is 25.2 Å². The van der Waals surface area contributed by atoms with Gasteiger partial charge in [0, 0.05) is 31.0 Å². The van der Waals surface area contributed by atoms with Gasteiger partial charge in [0.25, 0.3) is 0 Å². The Morgan fingerprint density at radius 1 is 1.52 bits per heavy atom. The summed E-state index contributed by atoms with van der Waals surface area (Å²) in [5.74, 6) is -0.145. The van der Waals surface area contributed by atoms with Gasteiger partial charge in [-0.1, -0.05) is 11.6 Å². The molecule has 112 valence electrons. The normalized spacial score (nSPS) is 10.9. The molecular weight excluding hydrogens is 290 g/mol. The number of nitrogens with zero attached hydrogens (tertiary/aromatic N) is 3. The van der Waals surface area contributed by atoms with Crippen LogP contribution in [0.5, 0.6) is 0 Å². The van der Waals surface area contributed by atoms with Crippen molar-refractivity contribution in [2.24, 2.45) is 7.05 Å². The number of likely N-dealkylation sites (N-methyl/N-ethyl adjacent to an activating group) is 1. The summed E-state index contributed by atoms with van der Waals surface area (Å²) in [7, 11) is 3.73. The highest BCUT2D eigenvalue weighted by atomic mass is 35.5. The molecule has 0 aliphatic heterocycles. The Morgan fingerprint density at radius 2 is 2.29 bits per heavy atom. The zero-order valence-corrected chi connectivity index (χ0v) is 12.8. The number of aromatic nitrogens is 2. The summed E-state index contributed by atoms with van der Waals surface area (Å²) in [6.07, 6.45) is 3.70. The summed E-state index contributed by atoms with van der Waals surface area (Å²) in [6, 6.07) is 4.99. The number of benzene rings is 1. The quantitative estimate of drug-likeness (QED) is 0.825. The first-order valence-corrected chi connectivity index (χ1v) is 6.83. The van der Waals surface area contributed by atoms with Gasteiger partial charge in [-0.2, -0.15) is 5.10 Å². The van der Waals surface area contributed by atoms with Gasteiger partial charge in [-0.25, -0.2) is 0 Å². The number of hydrogen-bond donors (Lipinski definition) is 2. The summed E-state index contributed by atoms with van der Waals surface area (Å²) in [5, 5.41) is 7.32. The fourth-order valence-electron chi connectivity index (χ4n) is 1.99. The van der Waals surface area contributed by atoms with Crippen LogP contribution in [0.15, 0.2) is 30.6 Å². The number of nitrogen functional groups attached to an aromatic ring is 1. The van der Waals surface area contributed by atoms with Crippen LogP contribution in [0.3, 0.4) is 0 Å². The number of nitrogens with two attached hydrogens (primary N) is 1. The molecule has 1 amide bonds. The number of nitrogens with one attached hydrogen (secondary N) is 1. The molecule has 6 nitrogen and oxygen atoms in total. The number of amides is 1. The number of hydrogen-bond acceptors (Lipinski definition) is 4. The lowest BCUT2D eigenvalue weighted by molar-refractivity contribution is -0.117. The van der Waals surface area contributed by atoms with E-state index in [1.165, 1.54) is 0 Å². The van der Waals surface area contributed by atoms with Crippen LogP contribution in [0.1, 0.15) is 5.56 Å². The first-order chi connectivity index (χ1) is 9.94. The Labute approximate surface area is 128 Å². The number of carbonyl (C=O) groups is 1. The minimum absolute atomic E-state index is 0.145. The Bertz CT molecular complexity index is 640. The maximum absolute atomic E-state index is 12.0. The fraction of sp³-hybridized carbons (Fsp3) is 0.286. The van der Waals surface area contributed by atoms with E-state index in [-0.39, 0.29) is 12.5 Å². The molecule has 1 aromatic carbocycles. The van der Waals surface area contributed by atoms with Crippen LogP contribution in [-0.4, -0.2) is 34.2 Å². The van der Waals surface area contributed by atoms with Gasteiger partial charge >= 0.3 is 0 Å². The zero-order valence-electron chi connectivity index (χ0n) is 12.0. The van der Waals surface area contributed by atoms with Crippen molar-refractivity contribution in [3.63, 3.8) is 0 Å². The highest BCUT2D eigenvalue weighted by Crippen LogP contribution is 2.23. The Hall–Kier alpha value is -2.05. The van der Waals surface area contributed by atoms with Gasteiger partial charge in [0.1, 0.15) is 0 Å². The molecule has 0 saturated carbocycles. The van der Waals surface area contributed by atoms with Gasteiger partial charge in [-0.15, -0.1) is 0 Å². The minimum atomic E-state index is -0.145. The molecular formula is C14H18ClN5O. The molecule has 1 aromatic heterocycles. The average molecular weight is 308 g/mol. The van der Waals surface area contributed by atoms with Crippen molar-refractivity contribution in [3.05, 3.63) is 41.2 Å². The Balaban J connectivity index is 1.90. The maximum Gasteiger partial charge on any atom is 0.238 e. The monoisotopic (exact) mass is 307 g/mol. The molecule has 0 fully saturated rings. The van der Waals surface area contributed by atoms with E-state index >= 15 is 0 Å². The Morgan fingerprint density at radius 3 is 2.95 bits per heavy atom. The smallest absolute Gasteiger partial charge is 0.238 e. The van der Waals surface area contributed by atoms with E-state index in [9.17, 15) is 4.79 Å². The number of halogens is 1. The molecule has 0 radical (unpaired) electrons. The van der Waals surface area contributed by atoms with Crippen molar-refractivity contribution in [1.29, 1.82) is 0 Å². The van der Waals surface area contributed by atoms with Crippen LogP contribution in [0.4, 0.5) is 11.4 Å². The van der Waals surface area contributed by atoms with Crippen LogP contribution in [0.2, 0.25) is 5.02 Å². The molecule has 0 bridgehead atoms. The molecule has 0 spiro atoms. The molecule has 0 saturated heterocycles. The molecule has 21 heavy (non-hydrogen) atoms. The van der Waals surface area contributed by atoms with Crippen molar-refractivity contribution < 1.29 is 4.79 Å². The van der Waals surface area contributed by atoms with Crippen LogP contribution in [0.25, 0.3) is 0 Å². The van der Waals surface area contributed by atoms with Crippen molar-refractivity contribution in [3.8, 4) is 0 Å². The summed E-state index contributed by atoms with van der Waals surface area (Å²) in [4.78, 5) is 13.9. The molecule has 7 heteroatoms. The van der Waals surface area contributed by atoms with E-state index in [1.807, 2.05) is 25.2 Å². The lowest BCUT2D eigenvalue weighted by atomic mass is 10.2. The van der Waals surface area contributed by atoms with Gasteiger partial charge in [0.05, 0.1) is 23.5 Å². The predicted molar refractivity (Wildman–Crippen MR) is 84.0 cm³/mol. The lowest BCUT2D eigenvalue weighted by Crippen LogP contribution is -2.29. The van der Waals surface area contributed by atoms with Crippen molar-refractivity contribution in [2.75, 3.05) is 24.6 Å². The third kappa shape index (κ3) is 4.47. The number of anilines is 2. The topological polar surface area (TPSA) is 76.2 Å². The maximum atomic E-state index is 12.0. The van der Waals surface area contributed by atoms with Gasteiger partial charge in [-0.3, -0.25) is 14.4 Å². The molecule has 0 aliphatic rings. The first kappa shape index (κ1) is 15.3. The van der Waals surface area contributed by atoms with Gasteiger partial charge in [0.2, 0.25) is 5.91 Å². The van der Waals surface area contributed by atoms with E-state index in [2.05, 4.69) is 10.4 Å². The van der Waals surface area contributed by atoms with Crippen LogP contribution >= 0.6 is 11.6 Å².